The lowest BCUT2D eigenvalue weighted by Gasteiger charge is -2.26. The van der Waals surface area contributed by atoms with E-state index in [1.807, 2.05) is 18.2 Å². The quantitative estimate of drug-likeness (QED) is 0.813. The number of ether oxygens (including phenoxy) is 1. The Morgan fingerprint density at radius 1 is 1.04 bits per heavy atom. The normalized spacial score (nSPS) is 15.0. The first-order chi connectivity index (χ1) is 12.8. The minimum absolute atomic E-state index is 0.193. The van der Waals surface area contributed by atoms with Gasteiger partial charge in [0.15, 0.2) is 0 Å². The maximum atomic E-state index is 13.3. The highest BCUT2D eigenvalue weighted by molar-refractivity contribution is 5.73. The molecule has 0 radical (unpaired) electrons. The van der Waals surface area contributed by atoms with Crippen molar-refractivity contribution in [2.45, 2.75) is 12.7 Å². The van der Waals surface area contributed by atoms with E-state index in [4.69, 9.17) is 14.6 Å². The molecule has 1 N–H and O–H groups in total. The molecule has 0 saturated carbocycles. The van der Waals surface area contributed by atoms with Gasteiger partial charge in [-0.2, -0.15) is 13.2 Å². The van der Waals surface area contributed by atoms with Crippen LogP contribution in [0.3, 0.4) is 0 Å². The number of morpholine rings is 1. The van der Waals surface area contributed by atoms with Crippen molar-refractivity contribution in [2.75, 3.05) is 26.3 Å². The van der Waals surface area contributed by atoms with Crippen LogP contribution in [0.1, 0.15) is 5.56 Å². The minimum atomic E-state index is -5.08. The van der Waals surface area contributed by atoms with E-state index in [1.54, 1.807) is 12.1 Å². The molecule has 1 fully saturated rings. The molecule has 27 heavy (non-hydrogen) atoms. The van der Waals surface area contributed by atoms with Gasteiger partial charge in [0.2, 0.25) is 0 Å². The van der Waals surface area contributed by atoms with E-state index in [-0.39, 0.29) is 5.82 Å². The molecule has 0 bridgehead atoms. The van der Waals surface area contributed by atoms with Gasteiger partial charge >= 0.3 is 12.1 Å². The van der Waals surface area contributed by atoms with E-state index in [0.717, 1.165) is 44.0 Å². The number of carboxylic acids is 1. The van der Waals surface area contributed by atoms with E-state index in [0.29, 0.717) is 0 Å². The molecule has 0 aromatic heterocycles. The second-order valence-corrected chi connectivity index (χ2v) is 5.90. The highest BCUT2D eigenvalue weighted by Gasteiger charge is 2.38. The van der Waals surface area contributed by atoms with Crippen molar-refractivity contribution >= 4 is 5.97 Å². The molecule has 8 heteroatoms. The Hall–Kier alpha value is -2.45. The van der Waals surface area contributed by atoms with Crippen LogP contribution in [0.5, 0.6) is 0 Å². The van der Waals surface area contributed by atoms with Crippen LogP contribution in [-0.4, -0.2) is 48.5 Å². The van der Waals surface area contributed by atoms with Gasteiger partial charge in [0.05, 0.1) is 13.2 Å². The fourth-order valence-corrected chi connectivity index (χ4v) is 2.53. The van der Waals surface area contributed by atoms with E-state index < -0.39 is 12.1 Å². The van der Waals surface area contributed by atoms with Gasteiger partial charge in [-0.05, 0) is 34.9 Å². The van der Waals surface area contributed by atoms with E-state index in [1.165, 1.54) is 11.6 Å². The zero-order valence-electron chi connectivity index (χ0n) is 14.4. The second kappa shape index (κ2) is 9.48. The molecule has 0 aliphatic carbocycles. The van der Waals surface area contributed by atoms with E-state index in [2.05, 4.69) is 17.0 Å². The molecule has 1 saturated heterocycles. The Balaban J connectivity index is 0.000000321. The highest BCUT2D eigenvalue weighted by atomic mass is 19.4. The summed E-state index contributed by atoms with van der Waals surface area (Å²) in [5, 5.41) is 7.12. The van der Waals surface area contributed by atoms with Gasteiger partial charge in [-0.3, -0.25) is 4.90 Å². The molecule has 2 aromatic carbocycles. The predicted molar refractivity (Wildman–Crippen MR) is 91.6 cm³/mol. The molecule has 0 amide bonds. The summed E-state index contributed by atoms with van der Waals surface area (Å²) in [4.78, 5) is 11.3. The van der Waals surface area contributed by atoms with Crippen LogP contribution in [0.2, 0.25) is 0 Å². The van der Waals surface area contributed by atoms with Crippen LogP contribution < -0.4 is 0 Å². The number of hydrogen-bond acceptors (Lipinski definition) is 3. The Kier molecular flexibility index (Phi) is 7.32. The number of benzene rings is 2. The van der Waals surface area contributed by atoms with Crippen molar-refractivity contribution in [3.05, 3.63) is 59.9 Å². The Morgan fingerprint density at radius 2 is 1.59 bits per heavy atom. The van der Waals surface area contributed by atoms with Crippen LogP contribution in [-0.2, 0) is 16.1 Å². The fourth-order valence-electron chi connectivity index (χ4n) is 2.53. The van der Waals surface area contributed by atoms with Gasteiger partial charge in [0, 0.05) is 19.6 Å². The number of alkyl halides is 3. The first-order valence-corrected chi connectivity index (χ1v) is 8.21. The summed E-state index contributed by atoms with van der Waals surface area (Å²) in [7, 11) is 0. The van der Waals surface area contributed by atoms with Gasteiger partial charge in [0.25, 0.3) is 0 Å². The number of nitrogens with zero attached hydrogens (tertiary/aromatic N) is 1. The molecule has 1 aliphatic rings. The molecule has 0 unspecified atom stereocenters. The van der Waals surface area contributed by atoms with E-state index >= 15 is 0 Å². The summed E-state index contributed by atoms with van der Waals surface area (Å²) >= 11 is 0. The molecule has 1 heterocycles. The van der Waals surface area contributed by atoms with Crippen molar-refractivity contribution in [1.29, 1.82) is 0 Å². The summed E-state index contributed by atoms with van der Waals surface area (Å²) in [5.41, 5.74) is 3.25. The van der Waals surface area contributed by atoms with Crippen LogP contribution in [0, 0.1) is 5.82 Å². The standard InChI is InChI=1S/C17H18FNO.C2HF3O2/c18-17-6-2-5-16(12-17)15-4-1-3-14(11-15)13-19-7-9-20-10-8-19;3-2(4,5)1(6)7/h1-6,11-12H,7-10,13H2;(H,6,7). The Bertz CT molecular complexity index is 759. The highest BCUT2D eigenvalue weighted by Crippen LogP contribution is 2.22. The van der Waals surface area contributed by atoms with Gasteiger partial charge in [-0.1, -0.05) is 30.3 Å². The zero-order chi connectivity index (χ0) is 19.9. The van der Waals surface area contributed by atoms with Crippen LogP contribution >= 0.6 is 0 Å². The molecule has 1 aliphatic heterocycles. The molecule has 2 aromatic rings. The molecular weight excluding hydrogens is 366 g/mol. The van der Waals surface area contributed by atoms with Crippen molar-refractivity contribution in [1.82, 2.24) is 4.90 Å². The van der Waals surface area contributed by atoms with Crippen LogP contribution in [0.4, 0.5) is 17.6 Å². The zero-order valence-corrected chi connectivity index (χ0v) is 14.4. The number of carboxylic acid groups (broad SMARTS) is 1. The summed E-state index contributed by atoms with van der Waals surface area (Å²) in [6, 6.07) is 15.1. The molecule has 0 atom stereocenters. The lowest BCUT2D eigenvalue weighted by Crippen LogP contribution is -2.35. The lowest BCUT2D eigenvalue weighted by atomic mass is 10.0. The first-order valence-electron chi connectivity index (χ1n) is 8.21. The predicted octanol–water partition coefficient (Wildman–Crippen LogP) is 3.96. The maximum Gasteiger partial charge on any atom is 0.490 e. The van der Waals surface area contributed by atoms with Gasteiger partial charge in [-0.25, -0.2) is 9.18 Å². The number of rotatable bonds is 3. The van der Waals surface area contributed by atoms with Crippen molar-refractivity contribution in [2.24, 2.45) is 0 Å². The number of carbonyl (C=O) groups is 1. The third-order valence-corrected chi connectivity index (χ3v) is 3.84. The van der Waals surface area contributed by atoms with Gasteiger partial charge in [0.1, 0.15) is 5.82 Å². The average Bonchev–Trinajstić information content (AvgIpc) is 2.62. The molecule has 4 nitrogen and oxygen atoms in total. The minimum Gasteiger partial charge on any atom is -0.475 e. The average molecular weight is 385 g/mol. The second-order valence-electron chi connectivity index (χ2n) is 5.90. The Morgan fingerprint density at radius 3 is 2.15 bits per heavy atom. The maximum absolute atomic E-state index is 13.3. The van der Waals surface area contributed by atoms with Crippen molar-refractivity contribution in [3.63, 3.8) is 0 Å². The van der Waals surface area contributed by atoms with E-state index in [9.17, 15) is 17.6 Å². The fraction of sp³-hybridized carbons (Fsp3) is 0.316. The van der Waals surface area contributed by atoms with Crippen molar-refractivity contribution in [3.8, 4) is 11.1 Å². The first kappa shape index (κ1) is 20.9. The number of hydrogen-bond donors (Lipinski definition) is 1. The van der Waals surface area contributed by atoms with Gasteiger partial charge < -0.3 is 9.84 Å². The molecular formula is C19H19F4NO3. The topological polar surface area (TPSA) is 49.8 Å². The summed E-state index contributed by atoms with van der Waals surface area (Å²) in [5.74, 6) is -2.95. The summed E-state index contributed by atoms with van der Waals surface area (Å²) < 4.78 is 50.4. The third-order valence-electron chi connectivity index (χ3n) is 3.84. The Labute approximate surface area is 154 Å². The number of aliphatic carboxylic acids is 1. The monoisotopic (exact) mass is 385 g/mol. The third kappa shape index (κ3) is 6.99. The lowest BCUT2D eigenvalue weighted by molar-refractivity contribution is -0.192. The molecule has 3 rings (SSSR count). The van der Waals surface area contributed by atoms with Crippen molar-refractivity contribution < 1.29 is 32.2 Å². The van der Waals surface area contributed by atoms with Crippen LogP contribution in [0.25, 0.3) is 11.1 Å². The van der Waals surface area contributed by atoms with Crippen LogP contribution in [0.15, 0.2) is 48.5 Å². The molecule has 0 spiro atoms. The largest absolute Gasteiger partial charge is 0.490 e. The van der Waals surface area contributed by atoms with Gasteiger partial charge in [-0.15, -0.1) is 0 Å². The summed E-state index contributed by atoms with van der Waals surface area (Å²) in [6.45, 7) is 4.49. The SMILES string of the molecule is Fc1cccc(-c2cccc(CN3CCOCC3)c2)c1.O=C(O)C(F)(F)F. The smallest absolute Gasteiger partial charge is 0.475 e. The summed E-state index contributed by atoms with van der Waals surface area (Å²) in [6.07, 6.45) is -5.08. The molecule has 146 valence electrons. The number of halogens is 4.